The fourth-order valence-corrected chi connectivity index (χ4v) is 3.98. The van der Waals surface area contributed by atoms with Gasteiger partial charge in [-0.25, -0.2) is 0 Å². The van der Waals surface area contributed by atoms with Gasteiger partial charge in [-0.3, -0.25) is 14.6 Å². The first-order chi connectivity index (χ1) is 13.8. The number of para-hydroxylation sites is 1. The van der Waals surface area contributed by atoms with Crippen LogP contribution >= 0.6 is 0 Å². The van der Waals surface area contributed by atoms with Crippen LogP contribution in [0.3, 0.4) is 0 Å². The van der Waals surface area contributed by atoms with Crippen molar-refractivity contribution in [2.75, 3.05) is 11.9 Å². The third-order valence-corrected chi connectivity index (χ3v) is 5.59. The monoisotopic (exact) mass is 393 g/mol. The van der Waals surface area contributed by atoms with Crippen LogP contribution in [-0.4, -0.2) is 34.3 Å². The van der Waals surface area contributed by atoms with Crippen LogP contribution in [0.25, 0.3) is 0 Å². The molecule has 1 aromatic carbocycles. The molecular formula is C24H31N3O2. The van der Waals surface area contributed by atoms with Gasteiger partial charge in [-0.15, -0.1) is 0 Å². The molecule has 5 heteroatoms. The van der Waals surface area contributed by atoms with Gasteiger partial charge in [0.15, 0.2) is 0 Å². The molecule has 1 atom stereocenters. The molecule has 1 saturated heterocycles. The van der Waals surface area contributed by atoms with Gasteiger partial charge in [0.2, 0.25) is 0 Å². The maximum Gasteiger partial charge on any atom is 0.257 e. The zero-order chi connectivity index (χ0) is 21.0. The Morgan fingerprint density at radius 2 is 1.86 bits per heavy atom. The predicted molar refractivity (Wildman–Crippen MR) is 116 cm³/mol. The number of carbonyl (C=O) groups excluding carboxylic acids is 2. The highest BCUT2D eigenvalue weighted by atomic mass is 16.2. The molecule has 2 amide bonds. The molecule has 1 unspecified atom stereocenters. The summed E-state index contributed by atoms with van der Waals surface area (Å²) in [5.74, 6) is -0.289. The van der Waals surface area contributed by atoms with E-state index in [2.05, 4.69) is 38.0 Å². The van der Waals surface area contributed by atoms with Crippen molar-refractivity contribution >= 4 is 17.5 Å². The number of hydrogen-bond donors (Lipinski definition) is 1. The van der Waals surface area contributed by atoms with E-state index in [1.165, 1.54) is 6.20 Å². The normalized spacial score (nSPS) is 17.1. The average Bonchev–Trinajstić information content (AvgIpc) is 2.73. The molecule has 3 rings (SSSR count). The number of carbonyl (C=O) groups is 2. The number of nitrogens with zero attached hydrogens (tertiary/aromatic N) is 2. The van der Waals surface area contributed by atoms with Gasteiger partial charge in [0.25, 0.3) is 11.8 Å². The van der Waals surface area contributed by atoms with Crippen molar-refractivity contribution < 1.29 is 9.59 Å². The van der Waals surface area contributed by atoms with Gasteiger partial charge >= 0.3 is 0 Å². The Hall–Kier alpha value is -2.69. The molecule has 0 spiro atoms. The number of rotatable bonds is 4. The van der Waals surface area contributed by atoms with Crippen molar-refractivity contribution in [1.82, 2.24) is 9.88 Å². The first kappa shape index (κ1) is 21.0. The Balaban J connectivity index is 1.81. The van der Waals surface area contributed by atoms with Gasteiger partial charge in [0, 0.05) is 30.7 Å². The van der Waals surface area contributed by atoms with Gasteiger partial charge in [0.05, 0.1) is 11.1 Å². The summed E-state index contributed by atoms with van der Waals surface area (Å²) in [5, 5.41) is 3.00. The highest BCUT2D eigenvalue weighted by molar-refractivity contribution is 6.06. The Morgan fingerprint density at radius 3 is 2.59 bits per heavy atom. The smallest absolute Gasteiger partial charge is 0.257 e. The minimum atomic E-state index is -0.255. The zero-order valence-corrected chi connectivity index (χ0v) is 17.9. The van der Waals surface area contributed by atoms with Crippen LogP contribution in [0.4, 0.5) is 5.69 Å². The molecule has 1 aliphatic heterocycles. The number of piperidine rings is 1. The van der Waals surface area contributed by atoms with E-state index in [-0.39, 0.29) is 23.3 Å². The lowest BCUT2D eigenvalue weighted by molar-refractivity contribution is 0.0607. The molecule has 1 N–H and O–H groups in total. The van der Waals surface area contributed by atoms with E-state index in [4.69, 9.17) is 0 Å². The van der Waals surface area contributed by atoms with Crippen LogP contribution in [0, 0.1) is 0 Å². The van der Waals surface area contributed by atoms with Crippen LogP contribution < -0.4 is 5.32 Å². The second kappa shape index (κ2) is 8.76. The third kappa shape index (κ3) is 4.84. The number of likely N-dealkylation sites (tertiary alicyclic amines) is 1. The van der Waals surface area contributed by atoms with Crippen LogP contribution in [0.2, 0.25) is 0 Å². The standard InChI is InChI=1S/C24H31N3O2/c1-5-19-10-8-9-13-27(19)23(29)18-14-17(15-25-16-18)22(28)26-21-12-7-6-11-20(21)24(2,3)4/h6-7,11-12,14-16,19H,5,8-10,13H2,1-4H3,(H,26,28). The summed E-state index contributed by atoms with van der Waals surface area (Å²) in [6.45, 7) is 9.22. The van der Waals surface area contributed by atoms with Crippen LogP contribution in [0.1, 0.15) is 79.7 Å². The maximum atomic E-state index is 13.0. The number of amides is 2. The number of hydrogen-bond acceptors (Lipinski definition) is 3. The molecule has 29 heavy (non-hydrogen) atoms. The largest absolute Gasteiger partial charge is 0.336 e. The Labute approximate surface area is 173 Å². The molecule has 2 heterocycles. The summed E-state index contributed by atoms with van der Waals surface area (Å²) in [6, 6.07) is 9.73. The average molecular weight is 394 g/mol. The second-order valence-electron chi connectivity index (χ2n) is 8.77. The van der Waals surface area contributed by atoms with Crippen molar-refractivity contribution in [3.8, 4) is 0 Å². The minimum absolute atomic E-state index is 0.0335. The number of aromatic nitrogens is 1. The van der Waals surface area contributed by atoms with Crippen molar-refractivity contribution in [1.29, 1.82) is 0 Å². The summed E-state index contributed by atoms with van der Waals surface area (Å²) >= 11 is 0. The topological polar surface area (TPSA) is 62.3 Å². The maximum absolute atomic E-state index is 13.0. The minimum Gasteiger partial charge on any atom is -0.336 e. The van der Waals surface area contributed by atoms with Crippen molar-refractivity contribution in [2.45, 2.75) is 64.8 Å². The molecule has 0 aliphatic carbocycles. The molecule has 1 aliphatic rings. The Morgan fingerprint density at radius 1 is 1.14 bits per heavy atom. The van der Waals surface area contributed by atoms with E-state index >= 15 is 0 Å². The van der Waals surface area contributed by atoms with Gasteiger partial charge in [-0.2, -0.15) is 0 Å². The lowest BCUT2D eigenvalue weighted by Crippen LogP contribution is -2.43. The number of nitrogens with one attached hydrogen (secondary N) is 1. The molecule has 5 nitrogen and oxygen atoms in total. The van der Waals surface area contributed by atoms with E-state index in [1.807, 2.05) is 29.2 Å². The number of pyridine rings is 1. The highest BCUT2D eigenvalue weighted by Crippen LogP contribution is 2.29. The summed E-state index contributed by atoms with van der Waals surface area (Å²) in [7, 11) is 0. The van der Waals surface area contributed by atoms with Gasteiger partial charge in [0.1, 0.15) is 0 Å². The van der Waals surface area contributed by atoms with E-state index in [0.717, 1.165) is 43.5 Å². The van der Waals surface area contributed by atoms with E-state index < -0.39 is 0 Å². The SMILES string of the molecule is CCC1CCCCN1C(=O)c1cncc(C(=O)Nc2ccccc2C(C)(C)C)c1. The van der Waals surface area contributed by atoms with Gasteiger partial charge < -0.3 is 10.2 Å². The fourth-order valence-electron chi connectivity index (χ4n) is 3.98. The van der Waals surface area contributed by atoms with Crippen LogP contribution in [0.15, 0.2) is 42.7 Å². The molecule has 0 radical (unpaired) electrons. The molecule has 0 bridgehead atoms. The first-order valence-electron chi connectivity index (χ1n) is 10.5. The van der Waals surface area contributed by atoms with Crippen LogP contribution in [0.5, 0.6) is 0 Å². The first-order valence-corrected chi connectivity index (χ1v) is 10.5. The lowest BCUT2D eigenvalue weighted by Gasteiger charge is -2.35. The van der Waals surface area contributed by atoms with E-state index in [0.29, 0.717) is 11.1 Å². The number of anilines is 1. The van der Waals surface area contributed by atoms with E-state index in [1.54, 1.807) is 12.3 Å². The van der Waals surface area contributed by atoms with Crippen LogP contribution in [-0.2, 0) is 5.41 Å². The third-order valence-electron chi connectivity index (χ3n) is 5.59. The summed E-state index contributed by atoms with van der Waals surface area (Å²) in [4.78, 5) is 32.0. The Kier molecular flexibility index (Phi) is 6.36. The van der Waals surface area contributed by atoms with Gasteiger partial charge in [-0.05, 0) is 48.8 Å². The number of benzene rings is 1. The molecule has 154 valence electrons. The van der Waals surface area contributed by atoms with E-state index in [9.17, 15) is 9.59 Å². The quantitative estimate of drug-likeness (QED) is 0.792. The highest BCUT2D eigenvalue weighted by Gasteiger charge is 2.27. The van der Waals surface area contributed by atoms with Crippen molar-refractivity contribution in [2.24, 2.45) is 0 Å². The summed E-state index contributed by atoms with van der Waals surface area (Å²) < 4.78 is 0. The predicted octanol–water partition coefficient (Wildman–Crippen LogP) is 5.04. The van der Waals surface area contributed by atoms with Crippen molar-refractivity contribution in [3.05, 3.63) is 59.4 Å². The lowest BCUT2D eigenvalue weighted by atomic mass is 9.86. The molecule has 2 aromatic rings. The van der Waals surface area contributed by atoms with Gasteiger partial charge in [-0.1, -0.05) is 45.9 Å². The summed E-state index contributed by atoms with van der Waals surface area (Å²) in [6.07, 6.45) is 7.25. The second-order valence-corrected chi connectivity index (χ2v) is 8.77. The summed E-state index contributed by atoms with van der Waals surface area (Å²) in [5.41, 5.74) is 2.62. The zero-order valence-electron chi connectivity index (χ0n) is 17.9. The van der Waals surface area contributed by atoms with Crippen molar-refractivity contribution in [3.63, 3.8) is 0 Å². The molecule has 1 aromatic heterocycles. The fraction of sp³-hybridized carbons (Fsp3) is 0.458. The molecule has 0 saturated carbocycles. The molecule has 1 fully saturated rings. The molecular weight excluding hydrogens is 362 g/mol. The Bertz CT molecular complexity index is 886.